The van der Waals surface area contributed by atoms with Crippen molar-refractivity contribution in [2.45, 2.75) is 0 Å². The molecular weight excluding hydrogens is 1310 g/mol. The van der Waals surface area contributed by atoms with Crippen LogP contribution in [0, 0.1) is 0 Å². The fourth-order valence-electron chi connectivity index (χ4n) is 15.3. The summed E-state index contributed by atoms with van der Waals surface area (Å²) in [4.78, 5) is 30.4. The summed E-state index contributed by atoms with van der Waals surface area (Å²) in [5, 5.41) is 10.5. The van der Waals surface area contributed by atoms with Crippen LogP contribution in [0.5, 0.6) is 0 Å². The largest absolute Gasteiger partial charge is 0.247 e. The molecule has 0 fully saturated rings. The van der Waals surface area contributed by atoms with Gasteiger partial charge in [-0.2, -0.15) is 0 Å². The summed E-state index contributed by atoms with van der Waals surface area (Å²) >= 11 is 0. The first-order valence-corrected chi connectivity index (χ1v) is 36.6. The van der Waals surface area contributed by atoms with E-state index in [2.05, 4.69) is 334 Å². The Kier molecular flexibility index (Phi) is 16.9. The highest BCUT2D eigenvalue weighted by Crippen LogP contribution is 2.44. The predicted octanol–water partition coefficient (Wildman–Crippen LogP) is 26.7. The maximum absolute atomic E-state index is 5.31. The summed E-state index contributed by atoms with van der Waals surface area (Å²) in [7, 11) is 0. The minimum atomic E-state index is 0.642. The topological polar surface area (TPSA) is 77.3 Å². The molecule has 0 aliphatic carbocycles. The van der Waals surface area contributed by atoms with Gasteiger partial charge in [0.1, 0.15) is 0 Å². The third-order valence-electron chi connectivity index (χ3n) is 20.6. The van der Waals surface area contributed by atoms with Crippen LogP contribution in [-0.2, 0) is 0 Å². The lowest BCUT2D eigenvalue weighted by molar-refractivity contribution is 1.07. The summed E-state index contributed by atoms with van der Waals surface area (Å²) < 4.78 is 0. The highest BCUT2D eigenvalue weighted by Gasteiger charge is 2.21. The molecule has 16 aromatic carbocycles. The molecular formula is C102H66N6. The summed E-state index contributed by atoms with van der Waals surface area (Å²) in [6.07, 6.45) is 0. The minimum Gasteiger partial charge on any atom is -0.247 e. The van der Waals surface area contributed by atoms with Crippen LogP contribution >= 0.6 is 0 Å². The van der Waals surface area contributed by atoms with E-state index in [1.807, 2.05) is 66.7 Å². The van der Waals surface area contributed by atoms with Crippen LogP contribution in [0.25, 0.3) is 200 Å². The number of nitrogens with zero attached hydrogens (tertiary/aromatic N) is 6. The molecule has 4 aromatic heterocycles. The van der Waals surface area contributed by atoms with Gasteiger partial charge in [0.25, 0.3) is 0 Å². The number of hydrogen-bond acceptors (Lipinski definition) is 6. The Morgan fingerprint density at radius 1 is 0.157 bits per heavy atom. The number of rotatable bonds is 12. The molecule has 0 saturated heterocycles. The van der Waals surface area contributed by atoms with Crippen molar-refractivity contribution >= 4 is 65.0 Å². The standard InChI is InChI=1S/C52H34N4.C50H32N2/c1-4-15-37(16-5-1)42-21-10-11-22-44(42)49-46-25-14-24-43(48(46)45-23-12-13-26-47(45)53-49)38-31-27-35(28-32-38)36-29-33-41(34-30-36)52-55-50(39-17-6-2-7-18-39)54-51(56-52)40-19-8-3-9-20-40;1-3-12-33(13-4-1)37-16-10-19-41(31-37)50-44-22-11-21-42(48(44)43-20-7-8-23-47(43)52-50)40-18-9-17-38(30-40)39-27-25-34-24-26-36-28-29-46(35-14-5-2-6-15-35)51-49(36)45(34)32-39/h1-34H;1-32H. The van der Waals surface area contributed by atoms with E-state index in [0.717, 1.165) is 116 Å². The lowest BCUT2D eigenvalue weighted by atomic mass is 9.90. The number of pyridine rings is 3. The van der Waals surface area contributed by atoms with Gasteiger partial charge in [-0.25, -0.2) is 29.9 Å². The van der Waals surface area contributed by atoms with Gasteiger partial charge in [-0.3, -0.25) is 0 Å². The van der Waals surface area contributed by atoms with E-state index < -0.39 is 0 Å². The van der Waals surface area contributed by atoms with Crippen LogP contribution in [0.3, 0.4) is 0 Å². The lowest BCUT2D eigenvalue weighted by Gasteiger charge is -2.16. The molecule has 4 heterocycles. The SMILES string of the molecule is c1ccc(-c2cccc(-c3nc4ccccc4c4c(-c5cccc(-c6ccc7ccc8ccc(-c9ccccc9)nc8c7c6)c5)cccc34)c2)cc1.c1ccc(-c2nc(-c3ccccc3)nc(-c3ccc(-c4ccc(-c5cccc6c(-c7ccccc7-c7ccccc7)nc7ccccc7c56)cc4)cc3)n2)cc1. The fourth-order valence-corrected chi connectivity index (χ4v) is 15.3. The molecule has 0 unspecified atom stereocenters. The Balaban J connectivity index is 0.000000147. The van der Waals surface area contributed by atoms with Crippen LogP contribution in [0.15, 0.2) is 400 Å². The summed E-state index contributed by atoms with van der Waals surface area (Å²) in [5.41, 5.74) is 26.1. The number of para-hydroxylation sites is 2. The Morgan fingerprint density at radius 2 is 0.500 bits per heavy atom. The third kappa shape index (κ3) is 12.4. The number of hydrogen-bond donors (Lipinski definition) is 0. The van der Waals surface area contributed by atoms with E-state index in [-0.39, 0.29) is 0 Å². The number of fused-ring (bicyclic) bond motifs is 9. The van der Waals surface area contributed by atoms with Crippen molar-refractivity contribution in [2.75, 3.05) is 0 Å². The van der Waals surface area contributed by atoms with Crippen molar-refractivity contribution in [1.82, 2.24) is 29.9 Å². The first-order valence-electron chi connectivity index (χ1n) is 36.6. The molecule has 0 atom stereocenters. The van der Waals surface area contributed by atoms with Crippen molar-refractivity contribution in [2.24, 2.45) is 0 Å². The Hall–Kier alpha value is -14.5. The maximum Gasteiger partial charge on any atom is 0.164 e. The van der Waals surface area contributed by atoms with Gasteiger partial charge in [-0.05, 0) is 109 Å². The fraction of sp³-hybridized carbons (Fsp3) is 0. The zero-order chi connectivity index (χ0) is 71.7. The monoisotopic (exact) mass is 1370 g/mol. The summed E-state index contributed by atoms with van der Waals surface area (Å²) in [5.74, 6) is 1.94. The molecule has 0 N–H and O–H groups in total. The average Bonchev–Trinajstić information content (AvgIpc) is 0.745. The molecule has 0 amide bonds. The van der Waals surface area contributed by atoms with Crippen LogP contribution < -0.4 is 0 Å². The Labute approximate surface area is 626 Å². The van der Waals surface area contributed by atoms with Gasteiger partial charge >= 0.3 is 0 Å². The van der Waals surface area contributed by atoms with Gasteiger partial charge in [0, 0.05) is 76.5 Å². The van der Waals surface area contributed by atoms with Crippen molar-refractivity contribution in [3.05, 3.63) is 400 Å². The van der Waals surface area contributed by atoms with E-state index in [1.165, 1.54) is 66.2 Å². The highest BCUT2D eigenvalue weighted by molar-refractivity contribution is 6.19. The van der Waals surface area contributed by atoms with Gasteiger partial charge in [-0.15, -0.1) is 0 Å². The summed E-state index contributed by atoms with van der Waals surface area (Å²) in [6, 6.07) is 141. The summed E-state index contributed by atoms with van der Waals surface area (Å²) in [6.45, 7) is 0. The molecule has 0 radical (unpaired) electrons. The molecule has 0 saturated carbocycles. The molecule has 20 aromatic rings. The normalized spacial score (nSPS) is 11.3. The molecule has 108 heavy (non-hydrogen) atoms. The minimum absolute atomic E-state index is 0.642. The van der Waals surface area contributed by atoms with Crippen LogP contribution in [0.2, 0.25) is 0 Å². The third-order valence-corrected chi connectivity index (χ3v) is 20.6. The molecule has 20 rings (SSSR count). The van der Waals surface area contributed by atoms with E-state index in [0.29, 0.717) is 17.5 Å². The van der Waals surface area contributed by atoms with Crippen molar-refractivity contribution < 1.29 is 0 Å². The second kappa shape index (κ2) is 28.3. The van der Waals surface area contributed by atoms with Crippen LogP contribution in [0.1, 0.15) is 0 Å². The average molecular weight is 1380 g/mol. The zero-order valence-corrected chi connectivity index (χ0v) is 58.8. The van der Waals surface area contributed by atoms with Gasteiger partial charge in [-0.1, -0.05) is 364 Å². The molecule has 6 heteroatoms. The smallest absolute Gasteiger partial charge is 0.164 e. The van der Waals surface area contributed by atoms with Crippen LogP contribution in [0.4, 0.5) is 0 Å². The first-order chi connectivity index (χ1) is 53.5. The van der Waals surface area contributed by atoms with E-state index in [4.69, 9.17) is 29.9 Å². The molecule has 504 valence electrons. The first kappa shape index (κ1) is 64.4. The van der Waals surface area contributed by atoms with E-state index >= 15 is 0 Å². The van der Waals surface area contributed by atoms with Gasteiger partial charge in [0.05, 0.1) is 33.6 Å². The van der Waals surface area contributed by atoms with Gasteiger partial charge in [0.2, 0.25) is 0 Å². The second-order valence-corrected chi connectivity index (χ2v) is 27.2. The Morgan fingerprint density at radius 3 is 1.10 bits per heavy atom. The lowest BCUT2D eigenvalue weighted by Crippen LogP contribution is -2.00. The van der Waals surface area contributed by atoms with Crippen molar-refractivity contribution in [1.29, 1.82) is 0 Å². The van der Waals surface area contributed by atoms with Gasteiger partial charge in [0.15, 0.2) is 17.5 Å². The predicted molar refractivity (Wildman–Crippen MR) is 450 cm³/mol. The Bertz CT molecular complexity index is 6690. The number of benzene rings is 16. The van der Waals surface area contributed by atoms with E-state index in [1.54, 1.807) is 0 Å². The molecule has 0 bridgehead atoms. The molecule has 0 spiro atoms. The van der Waals surface area contributed by atoms with Crippen LogP contribution in [-0.4, -0.2) is 29.9 Å². The van der Waals surface area contributed by atoms with Crippen molar-refractivity contribution in [3.8, 4) is 135 Å². The van der Waals surface area contributed by atoms with Crippen molar-refractivity contribution in [3.63, 3.8) is 0 Å². The molecule has 6 nitrogen and oxygen atoms in total. The quantitative estimate of drug-likeness (QED) is 0.113. The highest BCUT2D eigenvalue weighted by atomic mass is 15.0. The number of aromatic nitrogens is 6. The van der Waals surface area contributed by atoms with Gasteiger partial charge < -0.3 is 0 Å². The molecule has 0 aliphatic heterocycles. The second-order valence-electron chi connectivity index (χ2n) is 27.2. The zero-order valence-electron chi connectivity index (χ0n) is 58.8. The maximum atomic E-state index is 5.31. The molecule has 0 aliphatic rings. The van der Waals surface area contributed by atoms with E-state index in [9.17, 15) is 0 Å².